The van der Waals surface area contributed by atoms with Gasteiger partial charge in [0.15, 0.2) is 6.61 Å². The second-order valence-electron chi connectivity index (χ2n) is 4.99. The van der Waals surface area contributed by atoms with Crippen molar-refractivity contribution in [2.24, 2.45) is 5.73 Å². The number of hydrogen-bond donors (Lipinski definition) is 1. The maximum absolute atomic E-state index is 12.0. The molecule has 1 rings (SSSR count). The maximum atomic E-state index is 12.0. The zero-order valence-electron chi connectivity index (χ0n) is 13.7. The third-order valence-corrected chi connectivity index (χ3v) is 3.42. The van der Waals surface area contributed by atoms with E-state index in [2.05, 4.69) is 0 Å². The van der Waals surface area contributed by atoms with Crippen molar-refractivity contribution in [1.29, 1.82) is 0 Å². The second-order valence-corrected chi connectivity index (χ2v) is 4.99. The summed E-state index contributed by atoms with van der Waals surface area (Å²) in [5, 5.41) is 0. The molecule has 7 nitrogen and oxygen atoms in total. The van der Waals surface area contributed by atoms with Crippen LogP contribution in [0.1, 0.15) is 24.2 Å². The summed E-state index contributed by atoms with van der Waals surface area (Å²) in [6.45, 7) is 4.84. The Hall–Kier alpha value is -2.57. The number of primary amides is 1. The number of nitrogens with zero attached hydrogens (tertiary/aromatic N) is 2. The van der Waals surface area contributed by atoms with Gasteiger partial charge >= 0.3 is 0 Å². The largest absolute Gasteiger partial charge is 0.484 e. The fourth-order valence-electron chi connectivity index (χ4n) is 1.94. The van der Waals surface area contributed by atoms with Gasteiger partial charge in [-0.3, -0.25) is 14.4 Å². The lowest BCUT2D eigenvalue weighted by molar-refractivity contribution is -0.140. The Bertz CT molecular complexity index is 553. The topological polar surface area (TPSA) is 92.9 Å². The molecule has 3 amide bonds. The first-order valence-corrected chi connectivity index (χ1v) is 7.43. The third kappa shape index (κ3) is 5.61. The number of likely N-dealkylation sites (N-methyl/N-ethyl adjacent to an activating group) is 2. The van der Waals surface area contributed by atoms with Crippen LogP contribution in [0, 0.1) is 0 Å². The van der Waals surface area contributed by atoms with Crippen molar-refractivity contribution in [3.05, 3.63) is 29.8 Å². The average Bonchev–Trinajstić information content (AvgIpc) is 2.53. The number of ether oxygens (including phenoxy) is 1. The van der Waals surface area contributed by atoms with Gasteiger partial charge < -0.3 is 20.3 Å². The molecule has 0 saturated carbocycles. The molecule has 0 spiro atoms. The van der Waals surface area contributed by atoms with E-state index < -0.39 is 5.91 Å². The highest BCUT2D eigenvalue weighted by atomic mass is 16.5. The highest BCUT2D eigenvalue weighted by Gasteiger charge is 2.16. The summed E-state index contributed by atoms with van der Waals surface area (Å²) in [6.07, 6.45) is 0. The summed E-state index contributed by atoms with van der Waals surface area (Å²) in [5.74, 6) is -0.477. The Balaban J connectivity index is 2.49. The lowest BCUT2D eigenvalue weighted by Crippen LogP contribution is -2.42. The van der Waals surface area contributed by atoms with E-state index in [4.69, 9.17) is 10.5 Å². The first-order valence-electron chi connectivity index (χ1n) is 7.43. The van der Waals surface area contributed by atoms with Crippen LogP contribution in [0.4, 0.5) is 0 Å². The van der Waals surface area contributed by atoms with Crippen LogP contribution in [0.5, 0.6) is 5.75 Å². The van der Waals surface area contributed by atoms with Gasteiger partial charge in [-0.2, -0.15) is 0 Å². The molecule has 2 N–H and O–H groups in total. The Labute approximate surface area is 136 Å². The molecule has 0 saturated heterocycles. The Kier molecular flexibility index (Phi) is 7.05. The molecule has 1 aromatic rings. The van der Waals surface area contributed by atoms with E-state index in [1.807, 2.05) is 13.8 Å². The first kappa shape index (κ1) is 18.5. The zero-order valence-corrected chi connectivity index (χ0v) is 13.7. The third-order valence-electron chi connectivity index (χ3n) is 3.42. The molecule has 7 heteroatoms. The highest BCUT2D eigenvalue weighted by molar-refractivity contribution is 5.92. The molecule has 0 unspecified atom stereocenters. The zero-order chi connectivity index (χ0) is 17.4. The number of amides is 3. The predicted molar refractivity (Wildman–Crippen MR) is 86.0 cm³/mol. The minimum Gasteiger partial charge on any atom is -0.484 e. The van der Waals surface area contributed by atoms with Gasteiger partial charge in [-0.1, -0.05) is 0 Å². The quantitative estimate of drug-likeness (QED) is 0.754. The van der Waals surface area contributed by atoms with Crippen LogP contribution in [-0.2, 0) is 9.59 Å². The van der Waals surface area contributed by atoms with Crippen LogP contribution in [-0.4, -0.2) is 60.8 Å². The molecule has 0 aliphatic carbocycles. The van der Waals surface area contributed by atoms with Crippen molar-refractivity contribution >= 4 is 17.7 Å². The molecule has 0 fully saturated rings. The number of hydrogen-bond acceptors (Lipinski definition) is 4. The fraction of sp³-hybridized carbons (Fsp3) is 0.438. The van der Waals surface area contributed by atoms with E-state index in [1.54, 1.807) is 24.1 Å². The van der Waals surface area contributed by atoms with Crippen molar-refractivity contribution in [3.8, 4) is 5.75 Å². The van der Waals surface area contributed by atoms with Crippen molar-refractivity contribution in [1.82, 2.24) is 9.80 Å². The molecular weight excluding hydrogens is 298 g/mol. The monoisotopic (exact) mass is 321 g/mol. The van der Waals surface area contributed by atoms with Crippen LogP contribution in [0.15, 0.2) is 24.3 Å². The molecule has 0 radical (unpaired) electrons. The summed E-state index contributed by atoms with van der Waals surface area (Å²) >= 11 is 0. The number of carbonyl (C=O) groups excluding carboxylic acids is 3. The Morgan fingerprint density at radius 3 is 2.09 bits per heavy atom. The number of carbonyl (C=O) groups is 3. The second kappa shape index (κ2) is 8.77. The van der Waals surface area contributed by atoms with E-state index in [1.165, 1.54) is 17.0 Å². The molecule has 23 heavy (non-hydrogen) atoms. The number of benzene rings is 1. The minimum atomic E-state index is -0.526. The van der Waals surface area contributed by atoms with Gasteiger partial charge in [0.05, 0.1) is 6.54 Å². The highest BCUT2D eigenvalue weighted by Crippen LogP contribution is 2.11. The summed E-state index contributed by atoms with van der Waals surface area (Å²) in [6, 6.07) is 6.17. The van der Waals surface area contributed by atoms with Gasteiger partial charge in [0.2, 0.25) is 11.8 Å². The first-order chi connectivity index (χ1) is 10.9. The van der Waals surface area contributed by atoms with Gasteiger partial charge in [0, 0.05) is 25.7 Å². The van der Waals surface area contributed by atoms with Gasteiger partial charge in [0.25, 0.3) is 5.91 Å². The fourth-order valence-corrected chi connectivity index (χ4v) is 1.94. The van der Waals surface area contributed by atoms with Gasteiger partial charge in [-0.25, -0.2) is 0 Å². The summed E-state index contributed by atoms with van der Waals surface area (Å²) in [4.78, 5) is 37.9. The standard InChI is InChI=1S/C16H23N3O4/c1-4-19(5-2)14(20)10-18(3)15(21)11-23-13-8-6-12(7-9-13)16(17)22/h6-9H,4-5,10-11H2,1-3H3,(H2,17,22). The molecule has 0 bridgehead atoms. The summed E-state index contributed by atoms with van der Waals surface area (Å²) in [7, 11) is 1.56. The Morgan fingerprint density at radius 1 is 1.04 bits per heavy atom. The van der Waals surface area contributed by atoms with E-state index in [0.29, 0.717) is 24.4 Å². The predicted octanol–water partition coefficient (Wildman–Crippen LogP) is 0.491. The normalized spacial score (nSPS) is 10.0. The van der Waals surface area contributed by atoms with Crippen LogP contribution in [0.2, 0.25) is 0 Å². The minimum absolute atomic E-state index is 0.0183. The maximum Gasteiger partial charge on any atom is 0.260 e. The van der Waals surface area contributed by atoms with Gasteiger partial charge in [-0.05, 0) is 38.1 Å². The lowest BCUT2D eigenvalue weighted by atomic mass is 10.2. The SMILES string of the molecule is CCN(CC)C(=O)CN(C)C(=O)COc1ccc(C(N)=O)cc1. The van der Waals surface area contributed by atoms with E-state index in [0.717, 1.165) is 0 Å². The van der Waals surface area contributed by atoms with Crippen molar-refractivity contribution in [3.63, 3.8) is 0 Å². The molecule has 0 aliphatic heterocycles. The van der Waals surface area contributed by atoms with Gasteiger partial charge in [0.1, 0.15) is 5.75 Å². The summed E-state index contributed by atoms with van der Waals surface area (Å²) in [5.41, 5.74) is 5.51. The van der Waals surface area contributed by atoms with Crippen LogP contribution >= 0.6 is 0 Å². The van der Waals surface area contributed by atoms with Crippen molar-refractivity contribution in [2.45, 2.75) is 13.8 Å². The molecule has 0 atom stereocenters. The lowest BCUT2D eigenvalue weighted by Gasteiger charge is -2.23. The molecule has 0 aromatic heterocycles. The molecular formula is C16H23N3O4. The Morgan fingerprint density at radius 2 is 1.61 bits per heavy atom. The number of rotatable bonds is 8. The van der Waals surface area contributed by atoms with Crippen LogP contribution in [0.3, 0.4) is 0 Å². The van der Waals surface area contributed by atoms with E-state index >= 15 is 0 Å². The molecule has 1 aromatic carbocycles. The van der Waals surface area contributed by atoms with Crippen LogP contribution < -0.4 is 10.5 Å². The summed E-state index contributed by atoms with van der Waals surface area (Å²) < 4.78 is 5.35. The van der Waals surface area contributed by atoms with E-state index in [9.17, 15) is 14.4 Å². The van der Waals surface area contributed by atoms with Crippen molar-refractivity contribution < 1.29 is 19.1 Å². The smallest absolute Gasteiger partial charge is 0.260 e. The van der Waals surface area contributed by atoms with Crippen molar-refractivity contribution in [2.75, 3.05) is 33.3 Å². The van der Waals surface area contributed by atoms with Crippen LogP contribution in [0.25, 0.3) is 0 Å². The van der Waals surface area contributed by atoms with E-state index in [-0.39, 0.29) is 25.0 Å². The average molecular weight is 321 g/mol. The molecule has 0 aliphatic rings. The molecule has 0 heterocycles. The number of nitrogens with two attached hydrogens (primary N) is 1. The molecule has 126 valence electrons. The van der Waals surface area contributed by atoms with Gasteiger partial charge in [-0.15, -0.1) is 0 Å².